The summed E-state index contributed by atoms with van der Waals surface area (Å²) in [5.41, 5.74) is 0.716. The summed E-state index contributed by atoms with van der Waals surface area (Å²) >= 11 is 0. The molecule has 0 aliphatic heterocycles. The molecule has 2 N–H and O–H groups in total. The molecule has 0 bridgehead atoms. The molecule has 0 saturated heterocycles. The number of ether oxygens (including phenoxy) is 1. The van der Waals surface area contributed by atoms with Gasteiger partial charge in [0.15, 0.2) is 0 Å². The largest absolute Gasteiger partial charge is 0.391 e. The number of esters is 2. The van der Waals surface area contributed by atoms with Gasteiger partial charge < -0.3 is 19.3 Å². The van der Waals surface area contributed by atoms with E-state index in [1.807, 2.05) is 48.5 Å². The molecule has 0 spiro atoms. The van der Waals surface area contributed by atoms with Crippen LogP contribution in [0.5, 0.6) is 0 Å². The Kier molecular flexibility index (Phi) is 14.8. The second kappa shape index (κ2) is 19.4. The van der Waals surface area contributed by atoms with Crippen LogP contribution >= 0.6 is 14.7 Å². The monoisotopic (exact) mass is 734 g/mol. The van der Waals surface area contributed by atoms with Gasteiger partial charge in [0.05, 0.1) is 23.3 Å². The van der Waals surface area contributed by atoms with Crippen molar-refractivity contribution in [3.63, 3.8) is 0 Å². The summed E-state index contributed by atoms with van der Waals surface area (Å²) in [5.74, 6) is -1.28. The van der Waals surface area contributed by atoms with Crippen LogP contribution in [-0.2, 0) is 18.4 Å². The smallest absolute Gasteiger partial charge is 0.346 e. The molecule has 0 amide bonds. The number of rotatable bonds is 9. The van der Waals surface area contributed by atoms with Crippen molar-refractivity contribution in [3.05, 3.63) is 193 Å². The fraction of sp³-hybridized carbons (Fsp3) is 0.0952. The van der Waals surface area contributed by atoms with Crippen molar-refractivity contribution in [1.29, 1.82) is 0 Å². The van der Waals surface area contributed by atoms with E-state index in [-0.39, 0.29) is 0 Å². The number of hydrogen-bond donors (Lipinski definition) is 2. The topological polar surface area (TPSA) is 127 Å². The quantitative estimate of drug-likeness (QED) is 0.0901. The lowest BCUT2D eigenvalue weighted by Crippen LogP contribution is -2.27. The Hall–Kier alpha value is -5.20. The zero-order chi connectivity index (χ0) is 37.4. The molecule has 266 valence electrons. The minimum absolute atomic E-state index is 0.358. The van der Waals surface area contributed by atoms with Gasteiger partial charge in [0.1, 0.15) is 0 Å². The van der Waals surface area contributed by atoms with E-state index in [4.69, 9.17) is 9.26 Å². The van der Waals surface area contributed by atoms with Crippen molar-refractivity contribution in [3.8, 4) is 0 Å². The molecule has 0 aliphatic carbocycles. The maximum absolute atomic E-state index is 13.4. The lowest BCUT2D eigenvalue weighted by atomic mass is 10.2. The van der Waals surface area contributed by atoms with Crippen LogP contribution in [0.4, 0.5) is 0 Å². The Morgan fingerprint density at radius 2 is 0.750 bits per heavy atom. The summed E-state index contributed by atoms with van der Waals surface area (Å²) in [7, 11) is -6.59. The molecular weight excluding hydrogens is 694 g/mol. The predicted octanol–water partition coefficient (Wildman–Crippen LogP) is 7.29. The average molecular weight is 735 g/mol. The molecule has 0 saturated carbocycles. The highest BCUT2D eigenvalue weighted by atomic mass is 31.2. The first-order valence-corrected chi connectivity index (χ1v) is 19.7. The molecule has 6 aromatic rings. The van der Waals surface area contributed by atoms with Gasteiger partial charge in [-0.05, 0) is 86.6 Å². The average Bonchev–Trinajstić information content (AvgIpc) is 3.20. The summed E-state index contributed by atoms with van der Waals surface area (Å²) < 4.78 is 36.1. The third-order valence-electron chi connectivity index (χ3n) is 7.60. The molecule has 0 aliphatic rings. The van der Waals surface area contributed by atoms with E-state index in [0.717, 1.165) is 0 Å². The first-order chi connectivity index (χ1) is 25.0. The summed E-state index contributed by atoms with van der Waals surface area (Å²) in [6.45, 7) is 3.36. The number of carbonyl (C=O) groups is 2. The van der Waals surface area contributed by atoms with Gasteiger partial charge in [-0.3, -0.25) is 9.13 Å². The lowest BCUT2D eigenvalue weighted by Gasteiger charge is -2.25. The van der Waals surface area contributed by atoms with Crippen LogP contribution in [-0.4, -0.2) is 34.1 Å². The SMILES string of the molecule is CC(O)C(C)OP(=O)(c1ccccc1)c1ccccc1.O=C(OC(=O)c1ccccc1)c1ccccc1.O=P(O)(c1ccccc1)c1ccccc1. The van der Waals surface area contributed by atoms with Gasteiger partial charge in [0.2, 0.25) is 0 Å². The maximum Gasteiger partial charge on any atom is 0.346 e. The molecule has 6 aromatic carbocycles. The third-order valence-corrected chi connectivity index (χ3v) is 12.2. The van der Waals surface area contributed by atoms with Crippen LogP contribution in [0.15, 0.2) is 182 Å². The summed E-state index contributed by atoms with van der Waals surface area (Å²) in [4.78, 5) is 33.2. The Morgan fingerprint density at radius 3 is 1.04 bits per heavy atom. The van der Waals surface area contributed by atoms with Crippen molar-refractivity contribution in [2.45, 2.75) is 26.1 Å². The highest BCUT2D eigenvalue weighted by molar-refractivity contribution is 7.74. The van der Waals surface area contributed by atoms with Gasteiger partial charge in [0.25, 0.3) is 14.7 Å². The Morgan fingerprint density at radius 1 is 0.481 bits per heavy atom. The first-order valence-electron chi connectivity index (χ1n) is 16.4. The molecule has 52 heavy (non-hydrogen) atoms. The molecule has 0 heterocycles. The minimum atomic E-state index is -3.40. The van der Waals surface area contributed by atoms with E-state index in [2.05, 4.69) is 0 Å². The van der Waals surface area contributed by atoms with Gasteiger partial charge in [-0.15, -0.1) is 0 Å². The van der Waals surface area contributed by atoms with Gasteiger partial charge >= 0.3 is 11.9 Å². The fourth-order valence-corrected chi connectivity index (χ4v) is 8.37. The molecule has 2 unspecified atom stereocenters. The van der Waals surface area contributed by atoms with Crippen molar-refractivity contribution in [1.82, 2.24) is 0 Å². The van der Waals surface area contributed by atoms with Gasteiger partial charge in [-0.25, -0.2) is 9.59 Å². The van der Waals surface area contributed by atoms with Crippen LogP contribution in [0, 0.1) is 0 Å². The predicted molar refractivity (Wildman–Crippen MR) is 207 cm³/mol. The normalized spacial score (nSPS) is 12.1. The molecule has 0 radical (unpaired) electrons. The van der Waals surface area contributed by atoms with Crippen molar-refractivity contribution < 1.29 is 38.0 Å². The highest BCUT2D eigenvalue weighted by Crippen LogP contribution is 2.46. The maximum atomic E-state index is 13.4. The van der Waals surface area contributed by atoms with Crippen molar-refractivity contribution >= 4 is 47.9 Å². The van der Waals surface area contributed by atoms with Crippen molar-refractivity contribution in [2.75, 3.05) is 0 Å². The lowest BCUT2D eigenvalue weighted by molar-refractivity contribution is 0.0397. The minimum Gasteiger partial charge on any atom is -0.391 e. The van der Waals surface area contributed by atoms with Crippen LogP contribution < -0.4 is 21.2 Å². The molecule has 10 heteroatoms. The standard InChI is InChI=1S/C16H19O3P.C14H10O3.C12H11O2P/c1-13(17)14(2)19-20(18,15-9-5-3-6-10-15)16-11-7-4-8-12-16;15-13(11-7-3-1-4-8-11)17-14(16)12-9-5-2-6-10-12;13-15(14,11-7-3-1-4-8-11)12-9-5-2-6-10-12/h3-14,17H,1-2H3;1-10H;1-10H,(H,13,14). The Balaban J connectivity index is 0.000000176. The fourth-order valence-electron chi connectivity index (χ4n) is 4.60. The van der Waals surface area contributed by atoms with Gasteiger partial charge in [0, 0.05) is 21.2 Å². The molecule has 0 fully saturated rings. The van der Waals surface area contributed by atoms with E-state index in [1.165, 1.54) is 0 Å². The summed E-state index contributed by atoms with van der Waals surface area (Å²) in [6, 6.07) is 52.5. The molecular formula is C42H40O8P2. The number of hydrogen-bond acceptors (Lipinski definition) is 7. The zero-order valence-corrected chi connectivity index (χ0v) is 30.5. The van der Waals surface area contributed by atoms with Gasteiger partial charge in [-0.2, -0.15) is 0 Å². The Labute approximate surface area is 304 Å². The van der Waals surface area contributed by atoms with E-state index in [9.17, 15) is 28.7 Å². The van der Waals surface area contributed by atoms with Crippen LogP contribution in [0.1, 0.15) is 34.6 Å². The number of benzene rings is 6. The molecule has 2 atom stereocenters. The highest BCUT2D eigenvalue weighted by Gasteiger charge is 2.31. The van der Waals surface area contributed by atoms with Crippen molar-refractivity contribution in [2.24, 2.45) is 0 Å². The van der Waals surface area contributed by atoms with Crippen LogP contribution in [0.25, 0.3) is 0 Å². The molecule has 0 aromatic heterocycles. The third kappa shape index (κ3) is 11.1. The summed E-state index contributed by atoms with van der Waals surface area (Å²) in [5, 5.41) is 11.8. The van der Waals surface area contributed by atoms with Crippen LogP contribution in [0.3, 0.4) is 0 Å². The van der Waals surface area contributed by atoms with Gasteiger partial charge in [-0.1, -0.05) is 109 Å². The second-order valence-corrected chi connectivity index (χ2v) is 16.0. The second-order valence-electron chi connectivity index (χ2n) is 11.4. The zero-order valence-electron chi connectivity index (χ0n) is 28.7. The number of carbonyl (C=O) groups excluding carboxylic acids is 2. The molecule has 8 nitrogen and oxygen atoms in total. The first kappa shape index (κ1) is 39.6. The van der Waals surface area contributed by atoms with E-state index in [0.29, 0.717) is 32.3 Å². The van der Waals surface area contributed by atoms with Crippen LogP contribution in [0.2, 0.25) is 0 Å². The van der Waals surface area contributed by atoms with E-state index < -0.39 is 38.9 Å². The van der Waals surface area contributed by atoms with E-state index >= 15 is 0 Å². The number of aliphatic hydroxyl groups excluding tert-OH is 1. The number of aliphatic hydroxyl groups is 1. The Bertz CT molecular complexity index is 1930. The summed E-state index contributed by atoms with van der Waals surface area (Å²) in [6.07, 6.45) is -1.20. The molecule has 6 rings (SSSR count). The van der Waals surface area contributed by atoms with E-state index in [1.54, 1.807) is 147 Å².